The van der Waals surface area contributed by atoms with E-state index >= 15 is 0 Å². The Bertz CT molecular complexity index is 616. The number of nitrogens with one attached hydrogen (secondary N) is 1. The summed E-state index contributed by atoms with van der Waals surface area (Å²) in [6, 6.07) is 1.98. The van der Waals surface area contributed by atoms with E-state index in [1.807, 2.05) is 12.1 Å². The molecule has 0 aromatic carbocycles. The summed E-state index contributed by atoms with van der Waals surface area (Å²) in [5.41, 5.74) is 14.9. The quantitative estimate of drug-likeness (QED) is 0.779. The van der Waals surface area contributed by atoms with Crippen LogP contribution in [0.5, 0.6) is 0 Å². The normalized spacial score (nSPS) is 25.5. The van der Waals surface area contributed by atoms with Gasteiger partial charge in [0.25, 0.3) is 0 Å². The number of anilines is 2. The molecule has 118 valence electrons. The van der Waals surface area contributed by atoms with Crippen LogP contribution in [0.2, 0.25) is 0 Å². The molecule has 0 radical (unpaired) electrons. The minimum Gasteiger partial charge on any atom is -0.395 e. The lowest BCUT2D eigenvalue weighted by atomic mass is 9.71. The SMILES string of the molecule is CCCC(C1CC1)C1(C)NC=CC=C1c1ccnc(N)c1N. The molecule has 1 aliphatic heterocycles. The number of nitrogens with two attached hydrogens (primary N) is 2. The number of aromatic nitrogens is 1. The number of hydrogen-bond donors (Lipinski definition) is 3. The van der Waals surface area contributed by atoms with Gasteiger partial charge in [-0.1, -0.05) is 19.4 Å². The Morgan fingerprint density at radius 1 is 1.41 bits per heavy atom. The molecule has 0 spiro atoms. The molecule has 2 heterocycles. The maximum Gasteiger partial charge on any atom is 0.147 e. The summed E-state index contributed by atoms with van der Waals surface area (Å²) < 4.78 is 0. The summed E-state index contributed by atoms with van der Waals surface area (Å²) in [5.74, 6) is 1.84. The number of hydrogen-bond acceptors (Lipinski definition) is 4. The topological polar surface area (TPSA) is 77.0 Å². The van der Waals surface area contributed by atoms with Crippen molar-refractivity contribution in [3.8, 4) is 0 Å². The molecule has 0 amide bonds. The van der Waals surface area contributed by atoms with Crippen LogP contribution in [0.4, 0.5) is 11.5 Å². The Morgan fingerprint density at radius 3 is 2.86 bits per heavy atom. The van der Waals surface area contributed by atoms with Crippen molar-refractivity contribution in [1.82, 2.24) is 10.3 Å². The first-order chi connectivity index (χ1) is 10.6. The molecule has 1 aromatic heterocycles. The summed E-state index contributed by atoms with van der Waals surface area (Å²) in [7, 11) is 0. The zero-order chi connectivity index (χ0) is 15.7. The van der Waals surface area contributed by atoms with Crippen molar-refractivity contribution >= 4 is 17.1 Å². The van der Waals surface area contributed by atoms with Crippen LogP contribution in [0.15, 0.2) is 30.6 Å². The highest BCUT2D eigenvalue weighted by Crippen LogP contribution is 2.50. The van der Waals surface area contributed by atoms with Gasteiger partial charge in [0, 0.05) is 11.8 Å². The third kappa shape index (κ3) is 2.47. The summed E-state index contributed by atoms with van der Waals surface area (Å²) in [6.45, 7) is 4.57. The molecule has 0 bridgehead atoms. The molecule has 2 atom stereocenters. The summed E-state index contributed by atoms with van der Waals surface area (Å²) in [5, 5.41) is 3.63. The second kappa shape index (κ2) is 5.67. The molecule has 3 rings (SSSR count). The number of rotatable bonds is 5. The molecule has 1 aliphatic carbocycles. The highest BCUT2D eigenvalue weighted by atomic mass is 15.0. The van der Waals surface area contributed by atoms with E-state index in [4.69, 9.17) is 11.5 Å². The highest BCUT2D eigenvalue weighted by Gasteiger charge is 2.46. The lowest BCUT2D eigenvalue weighted by Crippen LogP contribution is -2.49. The maximum atomic E-state index is 6.22. The van der Waals surface area contributed by atoms with Crippen LogP contribution in [-0.4, -0.2) is 10.5 Å². The van der Waals surface area contributed by atoms with Crippen molar-refractivity contribution in [1.29, 1.82) is 0 Å². The fourth-order valence-electron chi connectivity index (χ4n) is 3.82. The van der Waals surface area contributed by atoms with Gasteiger partial charge in [-0.25, -0.2) is 4.98 Å². The summed E-state index contributed by atoms with van der Waals surface area (Å²) >= 11 is 0. The van der Waals surface area contributed by atoms with Gasteiger partial charge in [-0.3, -0.25) is 0 Å². The maximum absolute atomic E-state index is 6.22. The third-order valence-corrected chi connectivity index (χ3v) is 5.15. The van der Waals surface area contributed by atoms with Gasteiger partial charge in [-0.15, -0.1) is 0 Å². The van der Waals surface area contributed by atoms with Gasteiger partial charge in [-0.05, 0) is 61.9 Å². The van der Waals surface area contributed by atoms with E-state index in [0.717, 1.165) is 11.5 Å². The van der Waals surface area contributed by atoms with Crippen LogP contribution in [-0.2, 0) is 0 Å². The summed E-state index contributed by atoms with van der Waals surface area (Å²) in [4.78, 5) is 4.10. The van der Waals surface area contributed by atoms with Crippen molar-refractivity contribution in [2.45, 2.75) is 45.1 Å². The fourth-order valence-corrected chi connectivity index (χ4v) is 3.82. The molecular weight excluding hydrogens is 272 g/mol. The number of nitrogen functional groups attached to an aromatic ring is 2. The number of dihydropyridines is 1. The van der Waals surface area contributed by atoms with Crippen molar-refractivity contribution in [3.05, 3.63) is 36.2 Å². The minimum absolute atomic E-state index is 0.103. The first-order valence-corrected chi connectivity index (χ1v) is 8.23. The van der Waals surface area contributed by atoms with Crippen LogP contribution in [0, 0.1) is 11.8 Å². The van der Waals surface area contributed by atoms with Crippen LogP contribution in [0.3, 0.4) is 0 Å². The van der Waals surface area contributed by atoms with Crippen LogP contribution in [0.1, 0.15) is 45.1 Å². The standard InChI is InChI=1S/C18H26N4/c1-3-5-14(12-7-8-12)18(2)15(6-4-10-22-18)13-9-11-21-17(20)16(13)19/h4,6,9-12,14,22H,3,5,7-8,19H2,1-2H3,(H2,20,21). The van der Waals surface area contributed by atoms with Gasteiger partial charge in [0.1, 0.15) is 5.82 Å². The van der Waals surface area contributed by atoms with E-state index < -0.39 is 0 Å². The van der Waals surface area contributed by atoms with Crippen molar-refractivity contribution in [3.63, 3.8) is 0 Å². The van der Waals surface area contributed by atoms with Crippen LogP contribution >= 0.6 is 0 Å². The van der Waals surface area contributed by atoms with E-state index in [1.54, 1.807) is 6.20 Å². The highest BCUT2D eigenvalue weighted by molar-refractivity contribution is 5.85. The van der Waals surface area contributed by atoms with E-state index in [9.17, 15) is 0 Å². The molecule has 2 unspecified atom stereocenters. The molecule has 1 saturated carbocycles. The van der Waals surface area contributed by atoms with E-state index in [1.165, 1.54) is 31.3 Å². The molecule has 2 aliphatic rings. The van der Waals surface area contributed by atoms with Gasteiger partial charge in [0.05, 0.1) is 11.2 Å². The van der Waals surface area contributed by atoms with E-state index in [2.05, 4.69) is 36.4 Å². The zero-order valence-electron chi connectivity index (χ0n) is 13.5. The molecule has 0 saturated heterocycles. The van der Waals surface area contributed by atoms with Gasteiger partial charge >= 0.3 is 0 Å². The summed E-state index contributed by atoms with van der Waals surface area (Å²) in [6.07, 6.45) is 13.1. The van der Waals surface area contributed by atoms with Crippen molar-refractivity contribution in [2.24, 2.45) is 11.8 Å². The monoisotopic (exact) mass is 298 g/mol. The average molecular weight is 298 g/mol. The second-order valence-electron chi connectivity index (χ2n) is 6.68. The molecule has 1 fully saturated rings. The van der Waals surface area contributed by atoms with Gasteiger partial charge < -0.3 is 16.8 Å². The van der Waals surface area contributed by atoms with Crippen molar-refractivity contribution in [2.75, 3.05) is 11.5 Å². The van der Waals surface area contributed by atoms with E-state index in [0.29, 0.717) is 17.4 Å². The van der Waals surface area contributed by atoms with Gasteiger partial charge in [0.15, 0.2) is 0 Å². The molecule has 5 N–H and O–H groups in total. The number of pyridine rings is 1. The fraction of sp³-hybridized carbons (Fsp3) is 0.500. The predicted octanol–water partition coefficient (Wildman–Crippen LogP) is 3.33. The zero-order valence-corrected chi connectivity index (χ0v) is 13.5. The lowest BCUT2D eigenvalue weighted by Gasteiger charge is -2.43. The Hall–Kier alpha value is -1.97. The van der Waals surface area contributed by atoms with E-state index in [-0.39, 0.29) is 5.54 Å². The molecular formula is C18H26N4. The lowest BCUT2D eigenvalue weighted by molar-refractivity contribution is 0.271. The molecule has 22 heavy (non-hydrogen) atoms. The molecule has 4 nitrogen and oxygen atoms in total. The average Bonchev–Trinajstić information content (AvgIpc) is 3.33. The largest absolute Gasteiger partial charge is 0.395 e. The molecule has 4 heteroatoms. The number of nitrogens with zero attached hydrogens (tertiary/aromatic N) is 1. The number of allylic oxidation sites excluding steroid dienone is 2. The smallest absolute Gasteiger partial charge is 0.147 e. The van der Waals surface area contributed by atoms with Gasteiger partial charge in [0.2, 0.25) is 0 Å². The minimum atomic E-state index is -0.103. The van der Waals surface area contributed by atoms with Crippen LogP contribution in [0.25, 0.3) is 5.57 Å². The third-order valence-electron chi connectivity index (χ3n) is 5.15. The Balaban J connectivity index is 2.04. The Kier molecular flexibility index (Phi) is 3.85. The molecule has 1 aromatic rings. The Morgan fingerprint density at radius 2 is 2.18 bits per heavy atom. The Labute approximate surface area is 132 Å². The van der Waals surface area contributed by atoms with Gasteiger partial charge in [-0.2, -0.15) is 0 Å². The van der Waals surface area contributed by atoms with Crippen molar-refractivity contribution < 1.29 is 0 Å². The van der Waals surface area contributed by atoms with Crippen LogP contribution < -0.4 is 16.8 Å². The second-order valence-corrected chi connectivity index (χ2v) is 6.68. The first kappa shape index (κ1) is 14.9. The predicted molar refractivity (Wildman–Crippen MR) is 92.8 cm³/mol. The first-order valence-electron chi connectivity index (χ1n) is 8.23.